The average molecular weight is 666 g/mol. The molecule has 1 aliphatic rings. The molecule has 2 amide bonds. The number of methoxy groups -OCH3 is 1. The van der Waals surface area contributed by atoms with Crippen LogP contribution in [0.2, 0.25) is 0 Å². The molecule has 2 heterocycles. The predicted molar refractivity (Wildman–Crippen MR) is 175 cm³/mol. The number of amides is 2. The van der Waals surface area contributed by atoms with Gasteiger partial charge in [-0.15, -0.1) is 18.3 Å². The Balaban J connectivity index is 1.13. The van der Waals surface area contributed by atoms with Gasteiger partial charge >= 0.3 is 6.36 Å². The number of unbranched alkanes of at least 4 members (excludes halogenated alkanes) is 2. The highest BCUT2D eigenvalue weighted by Crippen LogP contribution is 2.36. The molecule has 1 fully saturated rings. The minimum Gasteiger partial charge on any atom is -0.497 e. The SMILES string of the molecule is COc1ccc(C(C)C)c(N2C(=O)CSC2=NC(=O)CCCCCc2cccc(-c3ncn(-c4ccc(OC(F)(F)F)cc4)n3)c2)c1. The van der Waals surface area contributed by atoms with Crippen molar-refractivity contribution in [1.29, 1.82) is 0 Å². The van der Waals surface area contributed by atoms with Gasteiger partial charge < -0.3 is 9.47 Å². The van der Waals surface area contributed by atoms with Gasteiger partial charge in [0.15, 0.2) is 11.0 Å². The summed E-state index contributed by atoms with van der Waals surface area (Å²) >= 11 is 1.27. The molecule has 0 bridgehead atoms. The first-order chi connectivity index (χ1) is 22.5. The number of thioether (sulfide) groups is 1. The van der Waals surface area contributed by atoms with Gasteiger partial charge in [-0.25, -0.2) is 9.67 Å². The Morgan fingerprint density at radius 1 is 1.02 bits per heavy atom. The average Bonchev–Trinajstić information content (AvgIpc) is 3.67. The number of amidine groups is 1. The number of nitrogens with zero attached hydrogens (tertiary/aromatic N) is 5. The van der Waals surface area contributed by atoms with Gasteiger partial charge in [-0.05, 0) is 72.7 Å². The molecule has 47 heavy (non-hydrogen) atoms. The van der Waals surface area contributed by atoms with Gasteiger partial charge in [-0.3, -0.25) is 14.5 Å². The lowest BCUT2D eigenvalue weighted by molar-refractivity contribution is -0.274. The fraction of sp³-hybridized carbons (Fsp3) is 0.324. The van der Waals surface area contributed by atoms with E-state index < -0.39 is 6.36 Å². The summed E-state index contributed by atoms with van der Waals surface area (Å²) in [5, 5.41) is 4.88. The summed E-state index contributed by atoms with van der Waals surface area (Å²) in [6.45, 7) is 4.10. The van der Waals surface area contributed by atoms with Crippen LogP contribution in [-0.2, 0) is 16.0 Å². The molecule has 0 unspecified atom stereocenters. The molecule has 9 nitrogen and oxygen atoms in total. The van der Waals surface area contributed by atoms with Gasteiger partial charge in [0.1, 0.15) is 17.8 Å². The van der Waals surface area contributed by atoms with E-state index in [0.29, 0.717) is 34.5 Å². The van der Waals surface area contributed by atoms with E-state index in [1.54, 1.807) is 7.11 Å². The Bertz CT molecular complexity index is 1760. The van der Waals surface area contributed by atoms with Gasteiger partial charge in [-0.1, -0.05) is 56.3 Å². The highest BCUT2D eigenvalue weighted by Gasteiger charge is 2.33. The van der Waals surface area contributed by atoms with Crippen molar-refractivity contribution in [2.75, 3.05) is 17.8 Å². The maximum absolute atomic E-state index is 12.8. The molecule has 0 spiro atoms. The molecule has 1 aromatic heterocycles. The van der Waals surface area contributed by atoms with Crippen molar-refractivity contribution in [3.05, 3.63) is 84.2 Å². The van der Waals surface area contributed by atoms with Gasteiger partial charge in [0.05, 0.1) is 24.2 Å². The zero-order chi connectivity index (χ0) is 33.6. The smallest absolute Gasteiger partial charge is 0.497 e. The minimum absolute atomic E-state index is 0.116. The van der Waals surface area contributed by atoms with E-state index in [4.69, 9.17) is 4.74 Å². The van der Waals surface area contributed by atoms with Gasteiger partial charge in [0, 0.05) is 18.1 Å². The van der Waals surface area contributed by atoms with Crippen LogP contribution in [0.3, 0.4) is 0 Å². The van der Waals surface area contributed by atoms with Crippen LogP contribution in [0.25, 0.3) is 17.1 Å². The second kappa shape index (κ2) is 14.8. The largest absolute Gasteiger partial charge is 0.573 e. The number of hydrogen-bond donors (Lipinski definition) is 0. The van der Waals surface area contributed by atoms with Crippen LogP contribution in [0.1, 0.15) is 56.6 Å². The lowest BCUT2D eigenvalue weighted by Gasteiger charge is -2.22. The first-order valence-corrected chi connectivity index (χ1v) is 16.1. The molecule has 0 radical (unpaired) electrons. The second-order valence-corrected chi connectivity index (χ2v) is 12.1. The van der Waals surface area contributed by atoms with Crippen LogP contribution in [0, 0.1) is 0 Å². The number of aliphatic imine (C=N–C) groups is 1. The molecule has 5 rings (SSSR count). The third kappa shape index (κ3) is 8.79. The van der Waals surface area contributed by atoms with Gasteiger partial charge in [0.2, 0.25) is 11.8 Å². The molecule has 0 aliphatic carbocycles. The third-order valence-corrected chi connectivity index (χ3v) is 8.38. The number of halogens is 3. The molecule has 0 saturated carbocycles. The van der Waals surface area contributed by atoms with E-state index in [1.165, 1.54) is 51.9 Å². The lowest BCUT2D eigenvalue weighted by Crippen LogP contribution is -2.31. The zero-order valence-electron chi connectivity index (χ0n) is 26.2. The Morgan fingerprint density at radius 2 is 1.79 bits per heavy atom. The summed E-state index contributed by atoms with van der Waals surface area (Å²) in [5.74, 6) is 0.817. The van der Waals surface area contributed by atoms with Crippen molar-refractivity contribution >= 4 is 34.4 Å². The molecule has 4 aromatic rings. The quantitative estimate of drug-likeness (QED) is 0.143. The normalized spacial score (nSPS) is 14.3. The maximum atomic E-state index is 12.8. The first-order valence-electron chi connectivity index (χ1n) is 15.1. The fourth-order valence-electron chi connectivity index (χ4n) is 5.14. The van der Waals surface area contributed by atoms with Gasteiger partial charge in [0.25, 0.3) is 0 Å². The van der Waals surface area contributed by atoms with Crippen molar-refractivity contribution in [2.45, 2.75) is 58.2 Å². The fourth-order valence-corrected chi connectivity index (χ4v) is 6.02. The molecule has 246 valence electrons. The molecule has 0 N–H and O–H groups in total. The summed E-state index contributed by atoms with van der Waals surface area (Å²) in [7, 11) is 1.57. The Kier molecular flexibility index (Phi) is 10.6. The number of benzene rings is 3. The number of carbonyl (C=O) groups is 2. The molecule has 3 aromatic carbocycles. The molecular weight excluding hydrogens is 631 g/mol. The number of carbonyl (C=O) groups excluding carboxylic acids is 2. The highest BCUT2D eigenvalue weighted by molar-refractivity contribution is 8.15. The van der Waals surface area contributed by atoms with Crippen LogP contribution in [0.5, 0.6) is 11.5 Å². The van der Waals surface area contributed by atoms with E-state index in [2.05, 4.69) is 19.8 Å². The van der Waals surface area contributed by atoms with Crippen LogP contribution in [-0.4, -0.2) is 51.0 Å². The van der Waals surface area contributed by atoms with E-state index in [1.807, 2.05) is 56.3 Å². The number of rotatable bonds is 12. The Labute approximate surface area is 274 Å². The number of ether oxygens (including phenoxy) is 2. The standard InChI is InChI=1S/C34H34F3N5O4S/c1-22(2)28-17-16-27(45-3)19-29(28)42-31(44)20-47-33(42)39-30(43)11-6-4-5-8-23-9-7-10-24(18-23)32-38-21-41(40-32)25-12-14-26(15-13-25)46-34(35,36)37/h7,9-10,12-19,21-22H,4-6,8,11,20H2,1-3H3. The van der Waals surface area contributed by atoms with Crippen LogP contribution >= 0.6 is 11.8 Å². The minimum atomic E-state index is -4.75. The first kappa shape index (κ1) is 33.7. The lowest BCUT2D eigenvalue weighted by atomic mass is 10.00. The molecular formula is C34H34F3N5O4S. The Morgan fingerprint density at radius 3 is 2.51 bits per heavy atom. The predicted octanol–water partition coefficient (Wildman–Crippen LogP) is 7.73. The molecule has 13 heteroatoms. The Hall–Kier alpha value is -4.65. The zero-order valence-corrected chi connectivity index (χ0v) is 27.0. The molecule has 1 aliphatic heterocycles. The highest BCUT2D eigenvalue weighted by atomic mass is 32.2. The van der Waals surface area contributed by atoms with Crippen molar-refractivity contribution < 1.29 is 32.2 Å². The summed E-state index contributed by atoms with van der Waals surface area (Å²) < 4.78 is 48.1. The van der Waals surface area contributed by atoms with Crippen LogP contribution in [0.4, 0.5) is 18.9 Å². The molecule has 0 atom stereocenters. The number of aromatic nitrogens is 3. The van der Waals surface area contributed by atoms with Crippen LogP contribution in [0.15, 0.2) is 78.0 Å². The maximum Gasteiger partial charge on any atom is 0.573 e. The number of aryl methyl sites for hydroxylation is 1. The summed E-state index contributed by atoms with van der Waals surface area (Å²) in [5.41, 5.74) is 4.12. The van der Waals surface area contributed by atoms with Crippen molar-refractivity contribution in [3.63, 3.8) is 0 Å². The van der Waals surface area contributed by atoms with Gasteiger partial charge in [-0.2, -0.15) is 4.99 Å². The monoisotopic (exact) mass is 665 g/mol. The number of hydrogen-bond acceptors (Lipinski definition) is 7. The summed E-state index contributed by atoms with van der Waals surface area (Å²) in [6, 6.07) is 18.8. The van der Waals surface area contributed by atoms with E-state index in [9.17, 15) is 22.8 Å². The topological polar surface area (TPSA) is 98.9 Å². The van der Waals surface area contributed by atoms with E-state index >= 15 is 0 Å². The summed E-state index contributed by atoms with van der Waals surface area (Å²) in [6.07, 6.45) is 0.183. The van der Waals surface area contributed by atoms with E-state index in [0.717, 1.165) is 36.0 Å². The van der Waals surface area contributed by atoms with Crippen LogP contribution < -0.4 is 14.4 Å². The summed E-state index contributed by atoms with van der Waals surface area (Å²) in [4.78, 5) is 35.9. The number of alkyl halides is 3. The van der Waals surface area contributed by atoms with Crippen molar-refractivity contribution in [2.24, 2.45) is 4.99 Å². The number of anilines is 1. The van der Waals surface area contributed by atoms with E-state index in [-0.39, 0.29) is 35.7 Å². The van der Waals surface area contributed by atoms with Crippen molar-refractivity contribution in [1.82, 2.24) is 14.8 Å². The van der Waals surface area contributed by atoms with Crippen molar-refractivity contribution in [3.8, 4) is 28.6 Å². The molecule has 1 saturated heterocycles. The third-order valence-electron chi connectivity index (χ3n) is 7.45. The second-order valence-electron chi connectivity index (χ2n) is 11.2.